The predicted octanol–water partition coefficient (Wildman–Crippen LogP) is 4.21. The van der Waals surface area contributed by atoms with Gasteiger partial charge in [0.05, 0.1) is 6.61 Å². The van der Waals surface area contributed by atoms with Crippen molar-refractivity contribution < 1.29 is 18.7 Å². The number of aryl methyl sites for hydroxylation is 2. The average Bonchev–Trinajstić information content (AvgIpc) is 2.61. The van der Waals surface area contributed by atoms with Crippen LogP contribution in [0.15, 0.2) is 36.4 Å². The van der Waals surface area contributed by atoms with E-state index in [4.69, 9.17) is 9.47 Å². The number of hydrogen-bond acceptors (Lipinski definition) is 3. The molecule has 0 atom stereocenters. The van der Waals surface area contributed by atoms with Crippen molar-refractivity contribution in [3.63, 3.8) is 0 Å². The molecule has 2 aromatic carbocycles. The van der Waals surface area contributed by atoms with Crippen LogP contribution >= 0.6 is 0 Å². The van der Waals surface area contributed by atoms with Crippen molar-refractivity contribution in [3.8, 4) is 5.75 Å². The van der Waals surface area contributed by atoms with E-state index in [1.54, 1.807) is 6.08 Å². The molecule has 1 aliphatic rings. The van der Waals surface area contributed by atoms with Crippen molar-refractivity contribution >= 4 is 17.7 Å². The van der Waals surface area contributed by atoms with Crippen molar-refractivity contribution in [3.05, 3.63) is 64.5 Å². The molecule has 3 rings (SSSR count). The minimum absolute atomic E-state index is 0.120. The molecule has 0 spiro atoms. The molecule has 4 nitrogen and oxygen atoms in total. The number of halogens is 1. The summed E-state index contributed by atoms with van der Waals surface area (Å²) in [6, 6.07) is 8.64. The summed E-state index contributed by atoms with van der Waals surface area (Å²) < 4.78 is 24.3. The first-order chi connectivity index (χ1) is 12.1. The molecule has 1 aliphatic heterocycles. The topological polar surface area (TPSA) is 47.6 Å². The Morgan fingerprint density at radius 2 is 2.20 bits per heavy atom. The molecule has 0 bridgehead atoms. The van der Waals surface area contributed by atoms with Crippen LogP contribution in [0.25, 0.3) is 6.08 Å². The summed E-state index contributed by atoms with van der Waals surface area (Å²) in [5.41, 5.74) is 4.06. The second-order valence-electron chi connectivity index (χ2n) is 5.88. The van der Waals surface area contributed by atoms with Gasteiger partial charge >= 0.3 is 0 Å². The highest BCUT2D eigenvalue weighted by molar-refractivity contribution is 6.03. The highest BCUT2D eigenvalue weighted by Gasteiger charge is 2.16. The first-order valence-corrected chi connectivity index (χ1v) is 8.19. The molecule has 1 amide bonds. The molecule has 0 saturated heterocycles. The Hall–Kier alpha value is -2.66. The molecule has 0 saturated carbocycles. The highest BCUT2D eigenvalue weighted by Crippen LogP contribution is 2.30. The van der Waals surface area contributed by atoms with E-state index in [1.165, 1.54) is 18.2 Å². The lowest BCUT2D eigenvalue weighted by Crippen LogP contribution is -2.13. The summed E-state index contributed by atoms with van der Waals surface area (Å²) in [4.78, 5) is 12.3. The van der Waals surface area contributed by atoms with E-state index in [9.17, 15) is 9.18 Å². The molecule has 25 heavy (non-hydrogen) atoms. The van der Waals surface area contributed by atoms with Crippen molar-refractivity contribution in [2.24, 2.45) is 0 Å². The SMILES string of the molecule is CCc1cccc(C)c1NC(=O)/C=C/c1cc(F)cc2c1OCOC2. The van der Waals surface area contributed by atoms with Crippen molar-refractivity contribution in [1.29, 1.82) is 0 Å². The average molecular weight is 341 g/mol. The van der Waals surface area contributed by atoms with Gasteiger partial charge < -0.3 is 14.8 Å². The molecule has 2 aromatic rings. The summed E-state index contributed by atoms with van der Waals surface area (Å²) in [6.07, 6.45) is 3.78. The summed E-state index contributed by atoms with van der Waals surface area (Å²) in [5, 5.41) is 2.91. The minimum Gasteiger partial charge on any atom is -0.467 e. The summed E-state index contributed by atoms with van der Waals surface area (Å²) >= 11 is 0. The van der Waals surface area contributed by atoms with Crippen LogP contribution in [0.5, 0.6) is 5.75 Å². The largest absolute Gasteiger partial charge is 0.467 e. The zero-order chi connectivity index (χ0) is 17.8. The fourth-order valence-electron chi connectivity index (χ4n) is 2.86. The van der Waals surface area contributed by atoms with Gasteiger partial charge in [-0.2, -0.15) is 0 Å². The van der Waals surface area contributed by atoms with Crippen LogP contribution in [-0.2, 0) is 22.6 Å². The number of nitrogens with one attached hydrogen (secondary N) is 1. The van der Waals surface area contributed by atoms with Crippen LogP contribution in [0.2, 0.25) is 0 Å². The van der Waals surface area contributed by atoms with E-state index in [0.29, 0.717) is 23.5 Å². The van der Waals surface area contributed by atoms with Gasteiger partial charge in [0.1, 0.15) is 11.6 Å². The third-order valence-corrected chi connectivity index (χ3v) is 4.11. The molecule has 1 heterocycles. The van der Waals surface area contributed by atoms with E-state index in [1.807, 2.05) is 32.0 Å². The number of fused-ring (bicyclic) bond motifs is 1. The maximum atomic E-state index is 13.7. The van der Waals surface area contributed by atoms with Crippen LogP contribution in [0.4, 0.5) is 10.1 Å². The van der Waals surface area contributed by atoms with Crippen LogP contribution in [0, 0.1) is 12.7 Å². The molecule has 1 N–H and O–H groups in total. The summed E-state index contributed by atoms with van der Waals surface area (Å²) in [6.45, 7) is 4.41. The first-order valence-electron chi connectivity index (χ1n) is 8.19. The van der Waals surface area contributed by atoms with Gasteiger partial charge in [-0.15, -0.1) is 0 Å². The Morgan fingerprint density at radius 1 is 1.36 bits per heavy atom. The van der Waals surface area contributed by atoms with Crippen molar-refractivity contribution in [1.82, 2.24) is 0 Å². The highest BCUT2D eigenvalue weighted by atomic mass is 19.1. The maximum Gasteiger partial charge on any atom is 0.248 e. The third kappa shape index (κ3) is 3.88. The van der Waals surface area contributed by atoms with E-state index in [-0.39, 0.29) is 18.5 Å². The summed E-state index contributed by atoms with van der Waals surface area (Å²) in [5.74, 6) is -0.101. The molecule has 130 valence electrons. The Bertz CT molecular complexity index is 830. The predicted molar refractivity (Wildman–Crippen MR) is 94.9 cm³/mol. The van der Waals surface area contributed by atoms with Crippen LogP contribution in [-0.4, -0.2) is 12.7 Å². The Labute approximate surface area is 146 Å². The molecule has 0 aromatic heterocycles. The first kappa shape index (κ1) is 17.2. The van der Waals surface area contributed by atoms with E-state index in [0.717, 1.165) is 23.2 Å². The molecular weight excluding hydrogens is 321 g/mol. The van der Waals surface area contributed by atoms with Crippen LogP contribution in [0.1, 0.15) is 29.2 Å². The Balaban J connectivity index is 1.81. The zero-order valence-electron chi connectivity index (χ0n) is 14.3. The second-order valence-corrected chi connectivity index (χ2v) is 5.88. The van der Waals surface area contributed by atoms with Crippen LogP contribution in [0.3, 0.4) is 0 Å². The van der Waals surface area contributed by atoms with E-state index >= 15 is 0 Å². The molecule has 5 heteroatoms. The van der Waals surface area contributed by atoms with Gasteiger partial charge in [-0.3, -0.25) is 4.79 Å². The molecule has 0 fully saturated rings. The number of para-hydroxylation sites is 1. The fraction of sp³-hybridized carbons (Fsp3) is 0.250. The van der Waals surface area contributed by atoms with E-state index < -0.39 is 0 Å². The molecule has 0 aliphatic carbocycles. The lowest BCUT2D eigenvalue weighted by atomic mass is 10.1. The van der Waals surface area contributed by atoms with Gasteiger partial charge in [0.25, 0.3) is 0 Å². The number of rotatable bonds is 4. The number of amides is 1. The number of carbonyl (C=O) groups is 1. The molecular formula is C20H20FNO3. The molecule has 0 unspecified atom stereocenters. The van der Waals surface area contributed by atoms with Crippen molar-refractivity contribution in [2.75, 3.05) is 12.1 Å². The van der Waals surface area contributed by atoms with Gasteiger partial charge in [0, 0.05) is 22.9 Å². The Morgan fingerprint density at radius 3 is 3.00 bits per heavy atom. The standard InChI is InChI=1S/C20H20FNO3/c1-3-14-6-4-5-13(2)19(14)22-18(23)8-7-15-9-17(21)10-16-11-24-12-25-20(15)16/h4-10H,3,11-12H2,1-2H3,(H,22,23)/b8-7+. The number of anilines is 1. The van der Waals surface area contributed by atoms with Gasteiger partial charge in [-0.1, -0.05) is 25.1 Å². The number of ether oxygens (including phenoxy) is 2. The number of benzene rings is 2. The molecule has 0 radical (unpaired) electrons. The van der Waals surface area contributed by atoms with Gasteiger partial charge in [0.2, 0.25) is 5.91 Å². The quantitative estimate of drug-likeness (QED) is 0.847. The maximum absolute atomic E-state index is 13.7. The second kappa shape index (κ2) is 7.49. The van der Waals surface area contributed by atoms with Crippen LogP contribution < -0.4 is 10.1 Å². The zero-order valence-corrected chi connectivity index (χ0v) is 14.3. The number of carbonyl (C=O) groups excluding carboxylic acids is 1. The fourth-order valence-corrected chi connectivity index (χ4v) is 2.86. The normalized spacial score (nSPS) is 13.4. The number of hydrogen-bond donors (Lipinski definition) is 1. The van der Waals surface area contributed by atoms with Gasteiger partial charge in [-0.25, -0.2) is 4.39 Å². The minimum atomic E-state index is -0.389. The summed E-state index contributed by atoms with van der Waals surface area (Å²) in [7, 11) is 0. The third-order valence-electron chi connectivity index (χ3n) is 4.11. The van der Waals surface area contributed by atoms with Gasteiger partial charge in [0.15, 0.2) is 6.79 Å². The monoisotopic (exact) mass is 341 g/mol. The van der Waals surface area contributed by atoms with Crippen molar-refractivity contribution in [2.45, 2.75) is 26.9 Å². The lowest BCUT2D eigenvalue weighted by Gasteiger charge is -2.19. The van der Waals surface area contributed by atoms with E-state index in [2.05, 4.69) is 5.32 Å². The van der Waals surface area contributed by atoms with Gasteiger partial charge in [-0.05, 0) is 42.7 Å². The Kier molecular flexibility index (Phi) is 5.14. The lowest BCUT2D eigenvalue weighted by molar-refractivity contribution is -0.111. The smallest absolute Gasteiger partial charge is 0.248 e.